The highest BCUT2D eigenvalue weighted by Gasteiger charge is 2.10. The molecule has 0 amide bonds. The van der Waals surface area contributed by atoms with Gasteiger partial charge in [-0.05, 0) is 29.7 Å². The van der Waals surface area contributed by atoms with Crippen LogP contribution in [0.25, 0.3) is 22.3 Å². The van der Waals surface area contributed by atoms with Crippen LogP contribution in [0, 0.1) is 5.82 Å². The van der Waals surface area contributed by atoms with Gasteiger partial charge in [0.1, 0.15) is 5.82 Å². The maximum Gasteiger partial charge on any atom is 0.162 e. The molecule has 0 aliphatic heterocycles. The van der Waals surface area contributed by atoms with Gasteiger partial charge >= 0.3 is 0 Å². The molecule has 0 N–H and O–H groups in total. The molecule has 2 aromatic carbocycles. The summed E-state index contributed by atoms with van der Waals surface area (Å²) in [5.74, 6) is 0.457. The summed E-state index contributed by atoms with van der Waals surface area (Å²) in [6, 6.07) is 13.0. The molecule has 1 heterocycles. The van der Waals surface area contributed by atoms with E-state index in [2.05, 4.69) is 9.97 Å². The Bertz CT molecular complexity index is 766. The number of aromatic nitrogens is 2. The second-order valence-corrected chi connectivity index (χ2v) is 5.15. The van der Waals surface area contributed by atoms with Crippen LogP contribution >= 0.6 is 0 Å². The lowest BCUT2D eigenvalue weighted by Gasteiger charge is -2.08. The Morgan fingerprint density at radius 1 is 1.05 bits per heavy atom. The standard InChI is InChI=1S/C17H15FN2/c1-11(2)12-7-8-14(15(18)9-12)17-19-10-13-5-3-4-6-16(13)20-17/h3-11H,1-2H3. The zero-order chi connectivity index (χ0) is 14.1. The summed E-state index contributed by atoms with van der Waals surface area (Å²) < 4.78 is 14.2. The van der Waals surface area contributed by atoms with Crippen molar-refractivity contribution in [2.75, 3.05) is 0 Å². The molecule has 0 saturated carbocycles. The van der Waals surface area contributed by atoms with Gasteiger partial charge in [0.05, 0.1) is 11.1 Å². The molecule has 0 bridgehead atoms. The van der Waals surface area contributed by atoms with Crippen LogP contribution in [0.4, 0.5) is 4.39 Å². The van der Waals surface area contributed by atoms with Crippen molar-refractivity contribution in [1.29, 1.82) is 0 Å². The Balaban J connectivity index is 2.10. The molecule has 100 valence electrons. The molecule has 0 spiro atoms. The smallest absolute Gasteiger partial charge is 0.162 e. The molecular formula is C17H15FN2. The Hall–Kier alpha value is -2.29. The van der Waals surface area contributed by atoms with E-state index in [1.807, 2.05) is 44.2 Å². The first kappa shape index (κ1) is 12.7. The van der Waals surface area contributed by atoms with Crippen LogP contribution in [0.3, 0.4) is 0 Å². The van der Waals surface area contributed by atoms with E-state index in [4.69, 9.17) is 0 Å². The topological polar surface area (TPSA) is 25.8 Å². The summed E-state index contributed by atoms with van der Waals surface area (Å²) in [5.41, 5.74) is 2.25. The SMILES string of the molecule is CC(C)c1ccc(-c2ncc3ccccc3n2)c(F)c1. The summed E-state index contributed by atoms with van der Waals surface area (Å²) in [4.78, 5) is 8.69. The van der Waals surface area contributed by atoms with Crippen molar-refractivity contribution in [2.45, 2.75) is 19.8 Å². The van der Waals surface area contributed by atoms with Crippen LogP contribution < -0.4 is 0 Å². The zero-order valence-corrected chi connectivity index (χ0v) is 11.5. The molecule has 0 aliphatic carbocycles. The predicted octanol–water partition coefficient (Wildman–Crippen LogP) is 4.56. The van der Waals surface area contributed by atoms with Gasteiger partial charge in [0.25, 0.3) is 0 Å². The molecule has 0 aliphatic rings. The molecule has 0 fully saturated rings. The summed E-state index contributed by atoms with van der Waals surface area (Å²) >= 11 is 0. The van der Waals surface area contributed by atoms with E-state index in [0.717, 1.165) is 16.5 Å². The minimum atomic E-state index is -0.272. The van der Waals surface area contributed by atoms with E-state index in [1.165, 1.54) is 0 Å². The fourth-order valence-electron chi connectivity index (χ4n) is 2.17. The first-order valence-electron chi connectivity index (χ1n) is 6.67. The van der Waals surface area contributed by atoms with Crippen LogP contribution in [0.1, 0.15) is 25.3 Å². The van der Waals surface area contributed by atoms with Crippen molar-refractivity contribution in [3.63, 3.8) is 0 Å². The highest BCUT2D eigenvalue weighted by atomic mass is 19.1. The Labute approximate surface area is 117 Å². The zero-order valence-electron chi connectivity index (χ0n) is 11.5. The third-order valence-electron chi connectivity index (χ3n) is 3.39. The van der Waals surface area contributed by atoms with Gasteiger partial charge in [-0.3, -0.25) is 0 Å². The molecular weight excluding hydrogens is 251 g/mol. The monoisotopic (exact) mass is 266 g/mol. The van der Waals surface area contributed by atoms with Gasteiger partial charge in [-0.2, -0.15) is 0 Å². The van der Waals surface area contributed by atoms with Crippen LogP contribution in [-0.4, -0.2) is 9.97 Å². The number of rotatable bonds is 2. The van der Waals surface area contributed by atoms with Gasteiger partial charge in [-0.25, -0.2) is 14.4 Å². The van der Waals surface area contributed by atoms with E-state index in [-0.39, 0.29) is 5.82 Å². The third kappa shape index (κ3) is 2.27. The molecule has 2 nitrogen and oxygen atoms in total. The second-order valence-electron chi connectivity index (χ2n) is 5.15. The van der Waals surface area contributed by atoms with Crippen molar-refractivity contribution in [1.82, 2.24) is 9.97 Å². The summed E-state index contributed by atoms with van der Waals surface area (Å²) in [6.07, 6.45) is 1.73. The van der Waals surface area contributed by atoms with E-state index in [9.17, 15) is 4.39 Å². The van der Waals surface area contributed by atoms with Crippen LogP contribution in [-0.2, 0) is 0 Å². The number of fused-ring (bicyclic) bond motifs is 1. The van der Waals surface area contributed by atoms with Gasteiger partial charge in [-0.1, -0.05) is 38.1 Å². The Morgan fingerprint density at radius 3 is 2.60 bits per heavy atom. The Morgan fingerprint density at radius 2 is 1.85 bits per heavy atom. The maximum atomic E-state index is 14.2. The van der Waals surface area contributed by atoms with Crippen LogP contribution in [0.2, 0.25) is 0 Å². The summed E-state index contributed by atoms with van der Waals surface area (Å²) in [5, 5.41) is 0.954. The van der Waals surface area contributed by atoms with E-state index in [0.29, 0.717) is 17.3 Å². The highest BCUT2D eigenvalue weighted by Crippen LogP contribution is 2.24. The highest BCUT2D eigenvalue weighted by molar-refractivity contribution is 5.79. The van der Waals surface area contributed by atoms with Crippen molar-refractivity contribution < 1.29 is 4.39 Å². The van der Waals surface area contributed by atoms with Gasteiger partial charge < -0.3 is 0 Å². The first-order chi connectivity index (χ1) is 9.65. The minimum absolute atomic E-state index is 0.272. The Kier molecular flexibility index (Phi) is 3.18. The van der Waals surface area contributed by atoms with Gasteiger partial charge in [0, 0.05) is 11.6 Å². The van der Waals surface area contributed by atoms with E-state index < -0.39 is 0 Å². The van der Waals surface area contributed by atoms with Crippen molar-refractivity contribution in [3.8, 4) is 11.4 Å². The molecule has 0 atom stereocenters. The lowest BCUT2D eigenvalue weighted by Crippen LogP contribution is -1.95. The third-order valence-corrected chi connectivity index (χ3v) is 3.39. The summed E-state index contributed by atoms with van der Waals surface area (Å²) in [6.45, 7) is 4.09. The number of nitrogens with zero attached hydrogens (tertiary/aromatic N) is 2. The first-order valence-corrected chi connectivity index (χ1v) is 6.67. The molecule has 0 saturated heterocycles. The molecule has 0 radical (unpaired) electrons. The average molecular weight is 266 g/mol. The number of benzene rings is 2. The minimum Gasteiger partial charge on any atom is -0.236 e. The fraction of sp³-hybridized carbons (Fsp3) is 0.176. The second kappa shape index (κ2) is 5.00. The quantitative estimate of drug-likeness (QED) is 0.679. The number of para-hydroxylation sites is 1. The normalized spacial score (nSPS) is 11.2. The number of hydrogen-bond donors (Lipinski definition) is 0. The van der Waals surface area contributed by atoms with E-state index >= 15 is 0 Å². The van der Waals surface area contributed by atoms with Gasteiger partial charge in [0.2, 0.25) is 0 Å². The summed E-state index contributed by atoms with van der Waals surface area (Å²) in [7, 11) is 0. The average Bonchev–Trinajstić information content (AvgIpc) is 2.46. The van der Waals surface area contributed by atoms with Crippen LogP contribution in [0.15, 0.2) is 48.7 Å². The molecule has 20 heavy (non-hydrogen) atoms. The molecule has 1 aromatic heterocycles. The van der Waals surface area contributed by atoms with Crippen molar-refractivity contribution in [3.05, 3.63) is 60.0 Å². The lowest BCUT2D eigenvalue weighted by molar-refractivity contribution is 0.625. The fourth-order valence-corrected chi connectivity index (χ4v) is 2.17. The van der Waals surface area contributed by atoms with Crippen LogP contribution in [0.5, 0.6) is 0 Å². The van der Waals surface area contributed by atoms with Crippen molar-refractivity contribution in [2.24, 2.45) is 0 Å². The largest absolute Gasteiger partial charge is 0.236 e. The number of halogens is 1. The lowest BCUT2D eigenvalue weighted by atomic mass is 10.0. The molecule has 3 heteroatoms. The predicted molar refractivity (Wildman–Crippen MR) is 79.0 cm³/mol. The maximum absolute atomic E-state index is 14.2. The molecule has 3 rings (SSSR count). The van der Waals surface area contributed by atoms with Crippen molar-refractivity contribution >= 4 is 10.9 Å². The van der Waals surface area contributed by atoms with Gasteiger partial charge in [-0.15, -0.1) is 0 Å². The molecule has 0 unspecified atom stereocenters. The molecule has 3 aromatic rings. The van der Waals surface area contributed by atoms with Gasteiger partial charge in [0.15, 0.2) is 5.82 Å². The number of hydrogen-bond acceptors (Lipinski definition) is 2. The van der Waals surface area contributed by atoms with E-state index in [1.54, 1.807) is 18.3 Å².